The van der Waals surface area contributed by atoms with Crippen LogP contribution in [0.25, 0.3) is 11.4 Å². The van der Waals surface area contributed by atoms with Crippen molar-refractivity contribution < 1.29 is 13.2 Å². The second kappa shape index (κ2) is 8.80. The third kappa shape index (κ3) is 3.89. The molecule has 0 spiro atoms. The van der Waals surface area contributed by atoms with E-state index in [1.807, 2.05) is 30.3 Å². The number of benzene rings is 1. The third-order valence-corrected chi connectivity index (χ3v) is 9.49. The number of sulfonamides is 1. The summed E-state index contributed by atoms with van der Waals surface area (Å²) >= 11 is 1.22. The lowest BCUT2D eigenvalue weighted by Crippen LogP contribution is -2.50. The number of hydrogen-bond donors (Lipinski definition) is 0. The first-order valence-electron chi connectivity index (χ1n) is 11.0. The number of fused-ring (bicyclic) bond motifs is 1. The Morgan fingerprint density at radius 3 is 2.41 bits per heavy atom. The lowest BCUT2D eigenvalue weighted by Gasteiger charge is -2.33. The van der Waals surface area contributed by atoms with Gasteiger partial charge in [0, 0.05) is 38.3 Å². The first-order valence-corrected chi connectivity index (χ1v) is 13.4. The monoisotopic (exact) mass is 470 g/mol. The minimum absolute atomic E-state index is 0.0917. The number of carbonyl (C=O) groups excluding carboxylic acids is 1. The van der Waals surface area contributed by atoms with Gasteiger partial charge in [0.1, 0.15) is 15.7 Å². The van der Waals surface area contributed by atoms with Gasteiger partial charge in [-0.05, 0) is 30.7 Å². The normalized spacial score (nSPS) is 17.7. The van der Waals surface area contributed by atoms with Gasteiger partial charge >= 0.3 is 0 Å². The number of carbonyl (C=O) groups is 1. The standard InChI is InChI=1S/C23H26N4O3S2/c28-23(25-13-15-26(16-14-25)32(29,30)20-11-7-17-31-20)21-19-10-5-2-6-12-27(19)22(24-21)18-8-3-1-4-9-18/h1,3-4,7-9,11,17H,2,5-6,10,12-16H2. The predicted octanol–water partition coefficient (Wildman–Crippen LogP) is 3.48. The van der Waals surface area contributed by atoms with Gasteiger partial charge in [0.05, 0.1) is 5.69 Å². The summed E-state index contributed by atoms with van der Waals surface area (Å²) in [5.41, 5.74) is 2.56. The quantitative estimate of drug-likeness (QED) is 0.585. The van der Waals surface area contributed by atoms with Crippen LogP contribution >= 0.6 is 11.3 Å². The number of rotatable bonds is 4. The maximum Gasteiger partial charge on any atom is 0.274 e. The molecule has 0 radical (unpaired) electrons. The maximum absolute atomic E-state index is 13.5. The first kappa shape index (κ1) is 21.4. The van der Waals surface area contributed by atoms with E-state index in [2.05, 4.69) is 4.57 Å². The van der Waals surface area contributed by atoms with Crippen molar-refractivity contribution in [3.8, 4) is 11.4 Å². The van der Waals surface area contributed by atoms with Crippen LogP contribution in [0.1, 0.15) is 35.4 Å². The Balaban J connectivity index is 1.39. The van der Waals surface area contributed by atoms with E-state index in [-0.39, 0.29) is 5.91 Å². The minimum Gasteiger partial charge on any atom is -0.335 e. The van der Waals surface area contributed by atoms with Gasteiger partial charge in [0.15, 0.2) is 0 Å². The molecule has 168 valence electrons. The molecular formula is C23H26N4O3S2. The second-order valence-corrected chi connectivity index (χ2v) is 11.3. The van der Waals surface area contributed by atoms with Crippen LogP contribution in [0.4, 0.5) is 0 Å². The molecule has 32 heavy (non-hydrogen) atoms. The fourth-order valence-electron chi connectivity index (χ4n) is 4.52. The van der Waals surface area contributed by atoms with E-state index < -0.39 is 10.0 Å². The molecule has 3 aromatic rings. The van der Waals surface area contributed by atoms with Crippen molar-refractivity contribution >= 4 is 27.3 Å². The van der Waals surface area contributed by atoms with Crippen molar-refractivity contribution in [2.45, 2.75) is 36.4 Å². The van der Waals surface area contributed by atoms with Gasteiger partial charge in [-0.1, -0.05) is 42.8 Å². The molecule has 2 aromatic heterocycles. The number of imidazole rings is 1. The molecule has 0 unspecified atom stereocenters. The van der Waals surface area contributed by atoms with Crippen molar-refractivity contribution in [1.82, 2.24) is 18.8 Å². The SMILES string of the molecule is O=C(c1nc(-c2ccccc2)n2c1CCCCC2)N1CCN(S(=O)(=O)c2cccs2)CC1. The van der Waals surface area contributed by atoms with Crippen LogP contribution in [0.15, 0.2) is 52.1 Å². The largest absolute Gasteiger partial charge is 0.335 e. The van der Waals surface area contributed by atoms with Gasteiger partial charge in [-0.3, -0.25) is 4.79 Å². The van der Waals surface area contributed by atoms with Gasteiger partial charge in [-0.2, -0.15) is 4.31 Å². The summed E-state index contributed by atoms with van der Waals surface area (Å²) in [6.07, 6.45) is 4.11. The Bertz CT molecular complexity index is 1200. The van der Waals surface area contributed by atoms with Crippen LogP contribution in [0.2, 0.25) is 0 Å². The molecule has 1 amide bonds. The zero-order chi connectivity index (χ0) is 22.1. The van der Waals surface area contributed by atoms with Crippen molar-refractivity contribution in [1.29, 1.82) is 0 Å². The number of nitrogens with zero attached hydrogens (tertiary/aromatic N) is 4. The Morgan fingerprint density at radius 1 is 0.906 bits per heavy atom. The Kier molecular flexibility index (Phi) is 5.88. The molecule has 1 aromatic carbocycles. The minimum atomic E-state index is -3.49. The topological polar surface area (TPSA) is 75.5 Å². The van der Waals surface area contributed by atoms with E-state index in [1.54, 1.807) is 22.4 Å². The summed E-state index contributed by atoms with van der Waals surface area (Å²) in [6, 6.07) is 13.4. The van der Waals surface area contributed by atoms with E-state index in [4.69, 9.17) is 4.98 Å². The van der Waals surface area contributed by atoms with Crippen LogP contribution in [0, 0.1) is 0 Å². The molecule has 5 rings (SSSR count). The van der Waals surface area contributed by atoms with Crippen LogP contribution in [0.5, 0.6) is 0 Å². The molecule has 0 atom stereocenters. The smallest absolute Gasteiger partial charge is 0.274 e. The zero-order valence-electron chi connectivity index (χ0n) is 17.8. The summed E-state index contributed by atoms with van der Waals surface area (Å²) in [4.78, 5) is 20.1. The third-order valence-electron chi connectivity index (χ3n) is 6.22. The lowest BCUT2D eigenvalue weighted by atomic mass is 10.1. The van der Waals surface area contributed by atoms with Gasteiger partial charge in [-0.25, -0.2) is 13.4 Å². The average molecular weight is 471 g/mol. The fourth-order valence-corrected chi connectivity index (χ4v) is 7.08. The number of hydrogen-bond acceptors (Lipinski definition) is 5. The molecule has 1 saturated heterocycles. The summed E-state index contributed by atoms with van der Waals surface area (Å²) in [5, 5.41) is 1.77. The van der Waals surface area contributed by atoms with E-state index >= 15 is 0 Å². The maximum atomic E-state index is 13.5. The van der Waals surface area contributed by atoms with Crippen LogP contribution < -0.4 is 0 Å². The van der Waals surface area contributed by atoms with Crippen molar-refractivity contribution in [2.75, 3.05) is 26.2 Å². The van der Waals surface area contributed by atoms with Crippen molar-refractivity contribution in [3.05, 3.63) is 59.2 Å². The van der Waals surface area contributed by atoms with Gasteiger partial charge in [-0.15, -0.1) is 11.3 Å². The summed E-state index contributed by atoms with van der Waals surface area (Å²) in [5.74, 6) is 0.760. The van der Waals surface area contributed by atoms with Crippen LogP contribution in [-0.2, 0) is 23.0 Å². The summed E-state index contributed by atoms with van der Waals surface area (Å²) < 4.78 is 29.6. The molecule has 0 saturated carbocycles. The van der Waals surface area contributed by atoms with Crippen molar-refractivity contribution in [2.24, 2.45) is 0 Å². The van der Waals surface area contributed by atoms with E-state index in [1.165, 1.54) is 15.6 Å². The number of amides is 1. The van der Waals surface area contributed by atoms with E-state index in [0.29, 0.717) is 36.1 Å². The average Bonchev–Trinajstić information content (AvgIpc) is 3.43. The molecule has 0 N–H and O–H groups in total. The molecule has 9 heteroatoms. The van der Waals surface area contributed by atoms with Crippen molar-refractivity contribution in [3.63, 3.8) is 0 Å². The lowest BCUT2D eigenvalue weighted by molar-refractivity contribution is 0.0691. The Hall–Kier alpha value is -2.49. The predicted molar refractivity (Wildman–Crippen MR) is 124 cm³/mol. The highest BCUT2D eigenvalue weighted by Gasteiger charge is 2.33. The van der Waals surface area contributed by atoms with E-state index in [9.17, 15) is 13.2 Å². The fraction of sp³-hybridized carbons (Fsp3) is 0.391. The van der Waals surface area contributed by atoms with E-state index in [0.717, 1.165) is 49.3 Å². The molecule has 0 bridgehead atoms. The summed E-state index contributed by atoms with van der Waals surface area (Å²) in [7, 11) is -3.49. The molecular weight excluding hydrogens is 444 g/mol. The van der Waals surface area contributed by atoms with Crippen LogP contribution in [0.3, 0.4) is 0 Å². The molecule has 7 nitrogen and oxygen atoms in total. The Morgan fingerprint density at radius 2 is 1.69 bits per heavy atom. The number of piperazine rings is 1. The molecule has 2 aliphatic rings. The number of thiophene rings is 1. The zero-order valence-corrected chi connectivity index (χ0v) is 19.4. The Labute approximate surface area is 192 Å². The highest BCUT2D eigenvalue weighted by Crippen LogP contribution is 2.28. The molecule has 1 fully saturated rings. The van der Waals surface area contributed by atoms with Gasteiger partial charge in [0.25, 0.3) is 15.9 Å². The van der Waals surface area contributed by atoms with Crippen LogP contribution in [-0.4, -0.2) is 59.3 Å². The highest BCUT2D eigenvalue weighted by atomic mass is 32.2. The second-order valence-electron chi connectivity index (χ2n) is 8.19. The van der Waals surface area contributed by atoms with Gasteiger partial charge < -0.3 is 9.47 Å². The summed E-state index contributed by atoms with van der Waals surface area (Å²) in [6.45, 7) is 2.21. The molecule has 2 aliphatic heterocycles. The van der Waals surface area contributed by atoms with Gasteiger partial charge in [0.2, 0.25) is 0 Å². The highest BCUT2D eigenvalue weighted by molar-refractivity contribution is 7.91. The molecule has 4 heterocycles. The molecule has 0 aliphatic carbocycles. The first-order chi connectivity index (χ1) is 15.6. The number of aromatic nitrogens is 2.